The van der Waals surface area contributed by atoms with Crippen LogP contribution in [0.1, 0.15) is 33.1 Å². The van der Waals surface area contributed by atoms with E-state index in [1.54, 1.807) is 13.0 Å². The number of hydrogen-bond acceptors (Lipinski definition) is 3. The van der Waals surface area contributed by atoms with Crippen molar-refractivity contribution in [1.29, 1.82) is 0 Å². The average molecular weight is 348 g/mol. The van der Waals surface area contributed by atoms with Crippen molar-refractivity contribution in [3.8, 4) is 11.5 Å². The van der Waals surface area contributed by atoms with Crippen molar-refractivity contribution in [2.75, 3.05) is 13.2 Å². The zero-order chi connectivity index (χ0) is 17.7. The van der Waals surface area contributed by atoms with Gasteiger partial charge in [-0.25, -0.2) is 0 Å². The summed E-state index contributed by atoms with van der Waals surface area (Å²) >= 11 is 0. The van der Waals surface area contributed by atoms with Crippen LogP contribution in [0.2, 0.25) is 0 Å². The van der Waals surface area contributed by atoms with Gasteiger partial charge >= 0.3 is 6.11 Å². The second-order valence-electron chi connectivity index (χ2n) is 5.45. The summed E-state index contributed by atoms with van der Waals surface area (Å²) in [6, 6.07) is 1.99. The summed E-state index contributed by atoms with van der Waals surface area (Å²) < 4.78 is 70.7. The Morgan fingerprint density at radius 1 is 1.17 bits per heavy atom. The maximum atomic E-state index is 14.2. The molecule has 24 heavy (non-hydrogen) atoms. The standard InChI is InChI=1S/C17H20F4O3/c1-3-5-12-7-6-11(10-23-12)17(20,21)24-14-9-8-13(22-4-2)15(18)16(14)19/h7-9,11H,3-6,10H2,1-2H3. The Kier molecular flexibility index (Phi) is 5.96. The Morgan fingerprint density at radius 2 is 1.83 bits per heavy atom. The quantitative estimate of drug-likeness (QED) is 0.645. The number of hydrogen-bond donors (Lipinski definition) is 0. The van der Waals surface area contributed by atoms with Crippen molar-refractivity contribution in [2.45, 2.75) is 39.2 Å². The zero-order valence-corrected chi connectivity index (χ0v) is 13.6. The van der Waals surface area contributed by atoms with Gasteiger partial charge in [-0.15, -0.1) is 0 Å². The fourth-order valence-corrected chi connectivity index (χ4v) is 2.35. The third-order valence-corrected chi connectivity index (χ3v) is 3.63. The topological polar surface area (TPSA) is 27.7 Å². The lowest BCUT2D eigenvalue weighted by atomic mass is 10.0. The predicted molar refractivity (Wildman–Crippen MR) is 80.2 cm³/mol. The summed E-state index contributed by atoms with van der Waals surface area (Å²) in [7, 11) is 0. The van der Waals surface area contributed by atoms with E-state index in [1.165, 1.54) is 0 Å². The Balaban J connectivity index is 2.11. The van der Waals surface area contributed by atoms with E-state index in [2.05, 4.69) is 4.74 Å². The average Bonchev–Trinajstić information content (AvgIpc) is 2.55. The van der Waals surface area contributed by atoms with Crippen molar-refractivity contribution in [3.05, 3.63) is 35.6 Å². The van der Waals surface area contributed by atoms with Crippen LogP contribution >= 0.6 is 0 Å². The molecular formula is C17H20F4O3. The summed E-state index contributed by atoms with van der Waals surface area (Å²) in [5.74, 6) is -4.66. The van der Waals surface area contributed by atoms with Crippen LogP contribution in [0.3, 0.4) is 0 Å². The Bertz CT molecular complexity index is 602. The van der Waals surface area contributed by atoms with Gasteiger partial charge in [0.15, 0.2) is 11.5 Å². The second-order valence-corrected chi connectivity index (χ2v) is 5.45. The van der Waals surface area contributed by atoms with E-state index in [0.29, 0.717) is 12.2 Å². The van der Waals surface area contributed by atoms with Gasteiger partial charge in [-0.2, -0.15) is 17.6 Å². The molecule has 1 aromatic rings. The highest BCUT2D eigenvalue weighted by atomic mass is 19.3. The molecule has 0 saturated carbocycles. The number of ether oxygens (including phenoxy) is 3. The SMILES string of the molecule is CCCC1=CCC(C(F)(F)Oc2ccc(OCC)c(F)c2F)CO1. The summed E-state index contributed by atoms with van der Waals surface area (Å²) in [6.45, 7) is 3.44. The highest BCUT2D eigenvalue weighted by Gasteiger charge is 2.44. The molecule has 0 aromatic heterocycles. The van der Waals surface area contributed by atoms with Crippen LogP contribution in [0.4, 0.5) is 17.6 Å². The highest BCUT2D eigenvalue weighted by Crippen LogP contribution is 2.37. The molecule has 0 fully saturated rings. The van der Waals surface area contributed by atoms with Gasteiger partial charge in [0.2, 0.25) is 11.6 Å². The van der Waals surface area contributed by atoms with Crippen LogP contribution in [0.25, 0.3) is 0 Å². The van der Waals surface area contributed by atoms with Crippen LogP contribution in [-0.2, 0) is 4.74 Å². The molecule has 1 aromatic carbocycles. The van der Waals surface area contributed by atoms with E-state index in [1.807, 2.05) is 6.92 Å². The molecule has 1 aliphatic heterocycles. The normalized spacial score (nSPS) is 17.9. The molecule has 0 spiro atoms. The molecule has 0 saturated heterocycles. The molecule has 0 bridgehead atoms. The minimum Gasteiger partial charge on any atom is -0.498 e. The molecule has 1 heterocycles. The molecule has 2 rings (SSSR count). The van der Waals surface area contributed by atoms with Crippen LogP contribution in [0, 0.1) is 17.6 Å². The maximum Gasteiger partial charge on any atom is 0.404 e. The van der Waals surface area contributed by atoms with Crippen LogP contribution in [-0.4, -0.2) is 19.3 Å². The lowest BCUT2D eigenvalue weighted by Crippen LogP contribution is -2.39. The zero-order valence-electron chi connectivity index (χ0n) is 13.6. The third-order valence-electron chi connectivity index (χ3n) is 3.63. The monoisotopic (exact) mass is 348 g/mol. The van der Waals surface area contributed by atoms with Gasteiger partial charge in [0.05, 0.1) is 12.4 Å². The molecule has 0 amide bonds. The number of allylic oxidation sites excluding steroid dienone is 2. The smallest absolute Gasteiger partial charge is 0.404 e. The second kappa shape index (κ2) is 7.77. The van der Waals surface area contributed by atoms with Crippen molar-refractivity contribution in [1.82, 2.24) is 0 Å². The van der Waals surface area contributed by atoms with Gasteiger partial charge in [-0.3, -0.25) is 0 Å². The molecule has 1 atom stereocenters. The van der Waals surface area contributed by atoms with Crippen LogP contribution < -0.4 is 9.47 Å². The van der Waals surface area contributed by atoms with Gasteiger partial charge in [0.25, 0.3) is 0 Å². The molecule has 1 aliphatic rings. The number of benzene rings is 1. The molecule has 1 unspecified atom stereocenters. The van der Waals surface area contributed by atoms with Gasteiger partial charge in [-0.1, -0.05) is 6.92 Å². The minimum absolute atomic E-state index is 0.0451. The lowest BCUT2D eigenvalue weighted by molar-refractivity contribution is -0.227. The fraction of sp³-hybridized carbons (Fsp3) is 0.529. The Hall–Kier alpha value is -1.92. The van der Waals surface area contributed by atoms with E-state index in [4.69, 9.17) is 9.47 Å². The summed E-state index contributed by atoms with van der Waals surface area (Å²) in [4.78, 5) is 0. The molecule has 3 nitrogen and oxygen atoms in total. The molecule has 7 heteroatoms. The summed E-state index contributed by atoms with van der Waals surface area (Å²) in [5.41, 5.74) is 0. The first kappa shape index (κ1) is 18.4. The molecule has 0 aliphatic carbocycles. The van der Waals surface area contributed by atoms with E-state index in [-0.39, 0.29) is 25.4 Å². The van der Waals surface area contributed by atoms with Crippen LogP contribution in [0.15, 0.2) is 24.0 Å². The van der Waals surface area contributed by atoms with E-state index in [0.717, 1.165) is 18.6 Å². The van der Waals surface area contributed by atoms with Gasteiger partial charge in [0, 0.05) is 6.42 Å². The van der Waals surface area contributed by atoms with Crippen molar-refractivity contribution >= 4 is 0 Å². The Morgan fingerprint density at radius 3 is 2.42 bits per heavy atom. The van der Waals surface area contributed by atoms with Crippen molar-refractivity contribution < 1.29 is 31.8 Å². The van der Waals surface area contributed by atoms with Crippen molar-refractivity contribution in [2.24, 2.45) is 5.92 Å². The first-order valence-corrected chi connectivity index (χ1v) is 7.88. The number of halogens is 4. The molecular weight excluding hydrogens is 328 g/mol. The largest absolute Gasteiger partial charge is 0.498 e. The number of rotatable bonds is 7. The first-order valence-electron chi connectivity index (χ1n) is 7.88. The van der Waals surface area contributed by atoms with Gasteiger partial charge in [-0.05, 0) is 38.0 Å². The lowest BCUT2D eigenvalue weighted by Gasteiger charge is -2.29. The highest BCUT2D eigenvalue weighted by molar-refractivity contribution is 5.35. The molecule has 134 valence electrons. The minimum atomic E-state index is -3.69. The van der Waals surface area contributed by atoms with E-state index >= 15 is 0 Å². The summed E-state index contributed by atoms with van der Waals surface area (Å²) in [5, 5.41) is 0. The predicted octanol–water partition coefficient (Wildman–Crippen LogP) is 5.06. The third kappa shape index (κ3) is 4.13. The number of alkyl halides is 2. The van der Waals surface area contributed by atoms with E-state index in [9.17, 15) is 17.6 Å². The van der Waals surface area contributed by atoms with E-state index < -0.39 is 29.4 Å². The Labute approximate surface area is 138 Å². The molecule has 0 N–H and O–H groups in total. The van der Waals surface area contributed by atoms with Gasteiger partial charge < -0.3 is 14.2 Å². The van der Waals surface area contributed by atoms with Crippen LogP contribution in [0.5, 0.6) is 11.5 Å². The van der Waals surface area contributed by atoms with Crippen molar-refractivity contribution in [3.63, 3.8) is 0 Å². The van der Waals surface area contributed by atoms with Gasteiger partial charge in [0.1, 0.15) is 12.5 Å². The fourth-order valence-electron chi connectivity index (χ4n) is 2.35. The summed E-state index contributed by atoms with van der Waals surface area (Å²) in [6.07, 6.45) is -0.528. The molecule has 0 radical (unpaired) electrons. The maximum absolute atomic E-state index is 14.2. The first-order chi connectivity index (χ1) is 11.4.